The standard InChI is InChI=1S/C15H19Cl2FN2O/c16-12-7-11(8-13(17)15(12)18)19-9-14(21)20-10-5-3-1-2-4-6-10/h7-8,10,19H,1-6,9H2,(H,20,21). The second kappa shape index (κ2) is 7.85. The van der Waals surface area contributed by atoms with Crippen molar-refractivity contribution in [2.75, 3.05) is 11.9 Å². The molecule has 1 amide bonds. The minimum Gasteiger partial charge on any atom is -0.376 e. The van der Waals surface area contributed by atoms with Crippen molar-refractivity contribution in [3.63, 3.8) is 0 Å². The molecule has 1 aromatic carbocycles. The molecule has 6 heteroatoms. The van der Waals surface area contributed by atoms with Gasteiger partial charge < -0.3 is 10.6 Å². The molecule has 2 rings (SSSR count). The maximum absolute atomic E-state index is 13.3. The molecule has 1 fully saturated rings. The molecule has 0 bridgehead atoms. The van der Waals surface area contributed by atoms with Crippen molar-refractivity contribution in [2.24, 2.45) is 0 Å². The Bertz CT molecular complexity index is 479. The number of benzene rings is 1. The highest BCUT2D eigenvalue weighted by atomic mass is 35.5. The third kappa shape index (κ3) is 5.04. The van der Waals surface area contributed by atoms with Gasteiger partial charge in [0, 0.05) is 11.7 Å². The van der Waals surface area contributed by atoms with Crippen LogP contribution in [0.3, 0.4) is 0 Å². The Morgan fingerprint density at radius 1 is 1.14 bits per heavy atom. The van der Waals surface area contributed by atoms with Gasteiger partial charge in [0.15, 0.2) is 5.82 Å². The fourth-order valence-electron chi connectivity index (χ4n) is 2.54. The fraction of sp³-hybridized carbons (Fsp3) is 0.533. The molecule has 3 nitrogen and oxygen atoms in total. The van der Waals surface area contributed by atoms with E-state index in [-0.39, 0.29) is 28.5 Å². The summed E-state index contributed by atoms with van der Waals surface area (Å²) < 4.78 is 13.3. The van der Waals surface area contributed by atoms with Gasteiger partial charge in [0.25, 0.3) is 0 Å². The molecule has 0 unspecified atom stereocenters. The Morgan fingerprint density at radius 3 is 2.29 bits per heavy atom. The summed E-state index contributed by atoms with van der Waals surface area (Å²) in [4.78, 5) is 11.9. The van der Waals surface area contributed by atoms with Crippen molar-refractivity contribution in [3.8, 4) is 0 Å². The predicted octanol–water partition coefficient (Wildman–Crippen LogP) is 4.38. The van der Waals surface area contributed by atoms with Crippen LogP contribution in [0.25, 0.3) is 0 Å². The Labute approximate surface area is 134 Å². The summed E-state index contributed by atoms with van der Waals surface area (Å²) in [5.41, 5.74) is 0.530. The van der Waals surface area contributed by atoms with Crippen molar-refractivity contribution in [2.45, 2.75) is 44.6 Å². The Hall–Kier alpha value is -1.00. The quantitative estimate of drug-likeness (QED) is 0.634. The molecule has 1 saturated carbocycles. The molecule has 1 aromatic rings. The Kier molecular flexibility index (Phi) is 6.12. The van der Waals surface area contributed by atoms with E-state index >= 15 is 0 Å². The summed E-state index contributed by atoms with van der Waals surface area (Å²) in [6, 6.07) is 3.10. The summed E-state index contributed by atoms with van der Waals surface area (Å²) in [7, 11) is 0. The van der Waals surface area contributed by atoms with Crippen molar-refractivity contribution in [3.05, 3.63) is 28.0 Å². The van der Waals surface area contributed by atoms with Crippen LogP contribution < -0.4 is 10.6 Å². The van der Waals surface area contributed by atoms with Gasteiger partial charge >= 0.3 is 0 Å². The smallest absolute Gasteiger partial charge is 0.239 e. The molecule has 2 N–H and O–H groups in total. The van der Waals surface area contributed by atoms with Crippen molar-refractivity contribution < 1.29 is 9.18 Å². The number of hydrogen-bond donors (Lipinski definition) is 2. The zero-order valence-electron chi connectivity index (χ0n) is 11.7. The van der Waals surface area contributed by atoms with E-state index in [0.717, 1.165) is 12.8 Å². The number of carbonyl (C=O) groups is 1. The van der Waals surface area contributed by atoms with Gasteiger partial charge in [-0.3, -0.25) is 4.79 Å². The monoisotopic (exact) mass is 332 g/mol. The molecule has 0 saturated heterocycles. The first kappa shape index (κ1) is 16.4. The van der Waals surface area contributed by atoms with E-state index < -0.39 is 5.82 Å². The minimum absolute atomic E-state index is 0.0609. The molecule has 0 spiro atoms. The Morgan fingerprint density at radius 2 is 1.71 bits per heavy atom. The van der Waals surface area contributed by atoms with Crippen LogP contribution in [-0.4, -0.2) is 18.5 Å². The lowest BCUT2D eigenvalue weighted by Gasteiger charge is -2.16. The maximum Gasteiger partial charge on any atom is 0.239 e. The van der Waals surface area contributed by atoms with Gasteiger partial charge in [-0.05, 0) is 25.0 Å². The van der Waals surface area contributed by atoms with Crippen LogP contribution in [0, 0.1) is 5.82 Å². The van der Waals surface area contributed by atoms with Crippen LogP contribution in [0.4, 0.5) is 10.1 Å². The molecular formula is C15H19Cl2FN2O. The van der Waals surface area contributed by atoms with E-state index in [2.05, 4.69) is 10.6 Å². The van der Waals surface area contributed by atoms with Gasteiger partial charge in [-0.25, -0.2) is 4.39 Å². The molecule has 0 heterocycles. The van der Waals surface area contributed by atoms with E-state index in [1.54, 1.807) is 0 Å². The van der Waals surface area contributed by atoms with Crippen LogP contribution in [0.15, 0.2) is 12.1 Å². The highest BCUT2D eigenvalue weighted by Crippen LogP contribution is 2.27. The molecule has 0 radical (unpaired) electrons. The normalized spacial score (nSPS) is 16.3. The van der Waals surface area contributed by atoms with Gasteiger partial charge in [0.1, 0.15) is 0 Å². The third-order valence-corrected chi connectivity index (χ3v) is 4.21. The molecule has 0 atom stereocenters. The highest BCUT2D eigenvalue weighted by molar-refractivity contribution is 6.35. The van der Waals surface area contributed by atoms with E-state index in [1.807, 2.05) is 0 Å². The van der Waals surface area contributed by atoms with E-state index in [4.69, 9.17) is 23.2 Å². The second-order valence-corrected chi connectivity index (χ2v) is 6.18. The highest BCUT2D eigenvalue weighted by Gasteiger charge is 2.14. The maximum atomic E-state index is 13.3. The first-order valence-electron chi connectivity index (χ1n) is 7.24. The number of amides is 1. The first-order chi connectivity index (χ1) is 10.1. The van der Waals surface area contributed by atoms with Gasteiger partial charge in [-0.15, -0.1) is 0 Å². The van der Waals surface area contributed by atoms with Crippen LogP contribution in [-0.2, 0) is 4.79 Å². The average molecular weight is 333 g/mol. The zero-order chi connectivity index (χ0) is 15.2. The molecular weight excluding hydrogens is 314 g/mol. The van der Waals surface area contributed by atoms with Crippen molar-refractivity contribution in [1.82, 2.24) is 5.32 Å². The number of anilines is 1. The largest absolute Gasteiger partial charge is 0.376 e. The third-order valence-electron chi connectivity index (χ3n) is 3.66. The van der Waals surface area contributed by atoms with Gasteiger partial charge in [0.2, 0.25) is 5.91 Å². The molecule has 0 aliphatic heterocycles. The summed E-state index contributed by atoms with van der Waals surface area (Å²) >= 11 is 11.4. The van der Waals surface area contributed by atoms with Gasteiger partial charge in [-0.2, -0.15) is 0 Å². The van der Waals surface area contributed by atoms with Gasteiger partial charge in [-0.1, -0.05) is 48.9 Å². The van der Waals surface area contributed by atoms with E-state index in [0.29, 0.717) is 5.69 Å². The van der Waals surface area contributed by atoms with Gasteiger partial charge in [0.05, 0.1) is 16.6 Å². The lowest BCUT2D eigenvalue weighted by molar-refractivity contribution is -0.120. The molecule has 0 aromatic heterocycles. The SMILES string of the molecule is O=C(CNc1cc(Cl)c(F)c(Cl)c1)NC1CCCCCC1. The lowest BCUT2D eigenvalue weighted by Crippen LogP contribution is -2.38. The second-order valence-electron chi connectivity index (χ2n) is 5.36. The Balaban J connectivity index is 1.83. The number of carbonyl (C=O) groups excluding carboxylic acids is 1. The topological polar surface area (TPSA) is 41.1 Å². The molecule has 116 valence electrons. The number of nitrogens with one attached hydrogen (secondary N) is 2. The molecule has 1 aliphatic rings. The first-order valence-corrected chi connectivity index (χ1v) is 7.99. The summed E-state index contributed by atoms with van der Waals surface area (Å²) in [6.07, 6.45) is 6.91. The summed E-state index contributed by atoms with van der Waals surface area (Å²) in [5, 5.41) is 5.82. The summed E-state index contributed by atoms with van der Waals surface area (Å²) in [6.45, 7) is 0.120. The van der Waals surface area contributed by atoms with Crippen LogP contribution >= 0.6 is 23.2 Å². The predicted molar refractivity (Wildman–Crippen MR) is 84.5 cm³/mol. The summed E-state index contributed by atoms with van der Waals surface area (Å²) in [5.74, 6) is -0.717. The number of halogens is 3. The number of hydrogen-bond acceptors (Lipinski definition) is 2. The number of rotatable bonds is 4. The molecule has 21 heavy (non-hydrogen) atoms. The lowest BCUT2D eigenvalue weighted by atomic mass is 10.1. The minimum atomic E-state index is -0.646. The fourth-order valence-corrected chi connectivity index (χ4v) is 3.03. The molecule has 1 aliphatic carbocycles. The van der Waals surface area contributed by atoms with Crippen molar-refractivity contribution >= 4 is 34.8 Å². The van der Waals surface area contributed by atoms with Crippen LogP contribution in [0.5, 0.6) is 0 Å². The van der Waals surface area contributed by atoms with Crippen molar-refractivity contribution in [1.29, 1.82) is 0 Å². The van der Waals surface area contributed by atoms with E-state index in [1.165, 1.54) is 37.8 Å². The average Bonchev–Trinajstić information content (AvgIpc) is 2.71. The van der Waals surface area contributed by atoms with Crippen LogP contribution in [0.1, 0.15) is 38.5 Å². The zero-order valence-corrected chi connectivity index (χ0v) is 13.2. The van der Waals surface area contributed by atoms with Crippen LogP contribution in [0.2, 0.25) is 10.0 Å². The van der Waals surface area contributed by atoms with E-state index in [9.17, 15) is 9.18 Å².